The standard InChI is InChI=1S/C20H22N2O5/c1-14-7-4-5-11-22(14)18(23)13-27-20(25)15-8-2-3-9-16(15)21-19(24)17-10-6-12-26-17/h2-3,6,8-10,12,14H,4-5,7,11,13H2,1H3,(H,21,24). The fraction of sp³-hybridized carbons (Fsp3) is 0.350. The number of para-hydroxylation sites is 1. The summed E-state index contributed by atoms with van der Waals surface area (Å²) in [6.45, 7) is 2.37. The summed E-state index contributed by atoms with van der Waals surface area (Å²) in [7, 11) is 0. The molecule has 1 saturated heterocycles. The molecule has 1 aliphatic rings. The number of benzene rings is 1. The topological polar surface area (TPSA) is 88.9 Å². The molecule has 2 heterocycles. The van der Waals surface area contributed by atoms with E-state index >= 15 is 0 Å². The van der Waals surface area contributed by atoms with Crippen LogP contribution < -0.4 is 5.32 Å². The van der Waals surface area contributed by atoms with E-state index in [-0.39, 0.29) is 29.9 Å². The van der Waals surface area contributed by atoms with Crippen molar-refractivity contribution in [2.45, 2.75) is 32.2 Å². The van der Waals surface area contributed by atoms with Gasteiger partial charge in [0.2, 0.25) is 0 Å². The Kier molecular flexibility index (Phi) is 5.90. The largest absolute Gasteiger partial charge is 0.459 e. The van der Waals surface area contributed by atoms with E-state index in [1.165, 1.54) is 18.4 Å². The van der Waals surface area contributed by atoms with Crippen LogP contribution in [0.1, 0.15) is 47.1 Å². The Morgan fingerprint density at radius 1 is 1.19 bits per heavy atom. The number of carbonyl (C=O) groups is 3. The molecule has 1 aliphatic heterocycles. The third-order valence-electron chi connectivity index (χ3n) is 4.59. The van der Waals surface area contributed by atoms with Crippen LogP contribution in [0.4, 0.5) is 5.69 Å². The van der Waals surface area contributed by atoms with Gasteiger partial charge in [0.15, 0.2) is 12.4 Å². The van der Waals surface area contributed by atoms with Gasteiger partial charge in [-0.05, 0) is 50.5 Å². The van der Waals surface area contributed by atoms with E-state index in [4.69, 9.17) is 9.15 Å². The van der Waals surface area contributed by atoms with Crippen molar-refractivity contribution in [2.24, 2.45) is 0 Å². The lowest BCUT2D eigenvalue weighted by molar-refractivity contribution is -0.137. The van der Waals surface area contributed by atoms with Gasteiger partial charge in [-0.15, -0.1) is 0 Å². The number of piperidine rings is 1. The molecule has 1 fully saturated rings. The average Bonchev–Trinajstić information content (AvgIpc) is 3.21. The molecule has 0 radical (unpaired) electrons. The van der Waals surface area contributed by atoms with Gasteiger partial charge >= 0.3 is 5.97 Å². The average molecular weight is 370 g/mol. The number of ether oxygens (including phenoxy) is 1. The summed E-state index contributed by atoms with van der Waals surface area (Å²) in [6, 6.07) is 9.75. The van der Waals surface area contributed by atoms with E-state index < -0.39 is 11.9 Å². The zero-order valence-corrected chi connectivity index (χ0v) is 15.1. The van der Waals surface area contributed by atoms with E-state index in [2.05, 4.69) is 5.32 Å². The van der Waals surface area contributed by atoms with Gasteiger partial charge in [0.25, 0.3) is 11.8 Å². The van der Waals surface area contributed by atoms with Gasteiger partial charge in [0.05, 0.1) is 17.5 Å². The van der Waals surface area contributed by atoms with Crippen molar-refractivity contribution in [3.05, 3.63) is 54.0 Å². The van der Waals surface area contributed by atoms with E-state index in [1.54, 1.807) is 29.2 Å². The maximum Gasteiger partial charge on any atom is 0.340 e. The maximum atomic E-state index is 12.4. The van der Waals surface area contributed by atoms with Crippen molar-refractivity contribution in [1.82, 2.24) is 4.90 Å². The third-order valence-corrected chi connectivity index (χ3v) is 4.59. The minimum Gasteiger partial charge on any atom is -0.459 e. The number of likely N-dealkylation sites (tertiary alicyclic amines) is 1. The van der Waals surface area contributed by atoms with E-state index in [0.29, 0.717) is 12.2 Å². The second kappa shape index (κ2) is 8.53. The summed E-state index contributed by atoms with van der Waals surface area (Å²) >= 11 is 0. The molecule has 3 rings (SSSR count). The van der Waals surface area contributed by atoms with Gasteiger partial charge in [-0.2, -0.15) is 0 Å². The molecule has 1 atom stereocenters. The fourth-order valence-corrected chi connectivity index (χ4v) is 3.12. The van der Waals surface area contributed by atoms with E-state index in [9.17, 15) is 14.4 Å². The van der Waals surface area contributed by atoms with Crippen molar-refractivity contribution in [3.63, 3.8) is 0 Å². The van der Waals surface area contributed by atoms with Gasteiger partial charge < -0.3 is 19.4 Å². The number of furan rings is 1. The summed E-state index contributed by atoms with van der Waals surface area (Å²) in [5.41, 5.74) is 0.472. The molecule has 1 aromatic carbocycles. The van der Waals surface area contributed by atoms with Crippen LogP contribution in [0.3, 0.4) is 0 Å². The van der Waals surface area contributed by atoms with Crippen LogP contribution in [-0.2, 0) is 9.53 Å². The van der Waals surface area contributed by atoms with Gasteiger partial charge in [0.1, 0.15) is 0 Å². The van der Waals surface area contributed by atoms with Gasteiger partial charge in [-0.3, -0.25) is 9.59 Å². The number of hydrogen-bond donors (Lipinski definition) is 1. The molecule has 7 nitrogen and oxygen atoms in total. The fourth-order valence-electron chi connectivity index (χ4n) is 3.12. The lowest BCUT2D eigenvalue weighted by Gasteiger charge is -2.33. The van der Waals surface area contributed by atoms with Gasteiger partial charge in [0, 0.05) is 12.6 Å². The maximum absolute atomic E-state index is 12.4. The minimum atomic E-state index is -0.664. The number of nitrogens with zero attached hydrogens (tertiary/aromatic N) is 1. The van der Waals surface area contributed by atoms with Crippen molar-refractivity contribution in [3.8, 4) is 0 Å². The second-order valence-electron chi connectivity index (χ2n) is 6.49. The Hall–Kier alpha value is -3.09. The van der Waals surface area contributed by atoms with Crippen molar-refractivity contribution >= 4 is 23.5 Å². The molecule has 0 bridgehead atoms. The zero-order chi connectivity index (χ0) is 19.2. The first kappa shape index (κ1) is 18.7. The predicted molar refractivity (Wildman–Crippen MR) is 98.4 cm³/mol. The van der Waals surface area contributed by atoms with Crippen molar-refractivity contribution in [1.29, 1.82) is 0 Å². The number of hydrogen-bond acceptors (Lipinski definition) is 5. The summed E-state index contributed by atoms with van der Waals surface area (Å²) in [5.74, 6) is -1.21. The molecule has 7 heteroatoms. The molecule has 0 aliphatic carbocycles. The smallest absolute Gasteiger partial charge is 0.340 e. The van der Waals surface area contributed by atoms with Crippen LogP contribution in [0.5, 0.6) is 0 Å². The summed E-state index contributed by atoms with van der Waals surface area (Å²) in [6.07, 6.45) is 4.42. The number of esters is 1. The quantitative estimate of drug-likeness (QED) is 0.817. The monoisotopic (exact) mass is 370 g/mol. The van der Waals surface area contributed by atoms with E-state index in [0.717, 1.165) is 19.3 Å². The number of rotatable bonds is 5. The Bertz CT molecular complexity index is 816. The predicted octanol–water partition coefficient (Wildman–Crippen LogP) is 3.09. The van der Waals surface area contributed by atoms with Crippen LogP contribution >= 0.6 is 0 Å². The first-order valence-electron chi connectivity index (χ1n) is 8.96. The third kappa shape index (κ3) is 4.55. The summed E-state index contributed by atoms with van der Waals surface area (Å²) in [5, 5.41) is 2.62. The zero-order valence-electron chi connectivity index (χ0n) is 15.1. The number of anilines is 1. The molecule has 0 saturated carbocycles. The summed E-state index contributed by atoms with van der Waals surface area (Å²) < 4.78 is 10.2. The van der Waals surface area contributed by atoms with Crippen LogP contribution in [0.25, 0.3) is 0 Å². The highest BCUT2D eigenvalue weighted by Gasteiger charge is 2.24. The Morgan fingerprint density at radius 2 is 2.00 bits per heavy atom. The molecule has 142 valence electrons. The highest BCUT2D eigenvalue weighted by Crippen LogP contribution is 2.19. The van der Waals surface area contributed by atoms with Crippen molar-refractivity contribution in [2.75, 3.05) is 18.5 Å². The minimum absolute atomic E-state index is 0.132. The van der Waals surface area contributed by atoms with Crippen LogP contribution in [0.2, 0.25) is 0 Å². The highest BCUT2D eigenvalue weighted by molar-refractivity contribution is 6.06. The molecular weight excluding hydrogens is 348 g/mol. The molecule has 0 spiro atoms. The second-order valence-corrected chi connectivity index (χ2v) is 6.49. The molecule has 27 heavy (non-hydrogen) atoms. The Morgan fingerprint density at radius 3 is 2.74 bits per heavy atom. The summed E-state index contributed by atoms with van der Waals surface area (Å²) in [4.78, 5) is 38.7. The Balaban J connectivity index is 1.63. The molecule has 2 amide bonds. The first-order chi connectivity index (χ1) is 13.1. The van der Waals surface area contributed by atoms with Gasteiger partial charge in [-0.1, -0.05) is 12.1 Å². The lowest BCUT2D eigenvalue weighted by atomic mass is 10.0. The Labute approximate surface area is 157 Å². The van der Waals surface area contributed by atoms with E-state index in [1.807, 2.05) is 6.92 Å². The van der Waals surface area contributed by atoms with Crippen LogP contribution in [-0.4, -0.2) is 41.9 Å². The normalized spacial score (nSPS) is 16.6. The molecular formula is C20H22N2O5. The number of nitrogens with one attached hydrogen (secondary N) is 1. The lowest BCUT2D eigenvalue weighted by Crippen LogP contribution is -2.44. The number of carbonyl (C=O) groups excluding carboxylic acids is 3. The molecule has 1 aromatic heterocycles. The van der Waals surface area contributed by atoms with Crippen LogP contribution in [0, 0.1) is 0 Å². The molecule has 2 aromatic rings. The first-order valence-corrected chi connectivity index (χ1v) is 8.96. The van der Waals surface area contributed by atoms with Gasteiger partial charge in [-0.25, -0.2) is 4.79 Å². The highest BCUT2D eigenvalue weighted by atomic mass is 16.5. The van der Waals surface area contributed by atoms with Crippen LogP contribution in [0.15, 0.2) is 47.1 Å². The number of amides is 2. The SMILES string of the molecule is CC1CCCCN1C(=O)COC(=O)c1ccccc1NC(=O)c1ccco1. The van der Waals surface area contributed by atoms with Crippen molar-refractivity contribution < 1.29 is 23.5 Å². The molecule has 1 unspecified atom stereocenters. The molecule has 1 N–H and O–H groups in total.